The van der Waals surface area contributed by atoms with Crippen LogP contribution in [0.15, 0.2) is 72.8 Å². The van der Waals surface area contributed by atoms with Gasteiger partial charge in [-0.1, -0.05) is 24.3 Å². The molecule has 0 saturated carbocycles. The van der Waals surface area contributed by atoms with Gasteiger partial charge < -0.3 is 58.7 Å². The molecule has 0 radical (unpaired) electrons. The molecular formula is C46H56N2O14S. The highest BCUT2D eigenvalue weighted by molar-refractivity contribution is 7.92. The summed E-state index contributed by atoms with van der Waals surface area (Å²) < 4.78 is 76.5. The molecule has 0 bridgehead atoms. The second kappa shape index (κ2) is 20.4. The molecule has 2 unspecified atom stereocenters. The van der Waals surface area contributed by atoms with Crippen molar-refractivity contribution in [3.63, 3.8) is 0 Å². The molecule has 2 atom stereocenters. The molecule has 340 valence electrons. The Hall–Kier alpha value is -6.75. The first kappa shape index (κ1) is 48.9. The van der Waals surface area contributed by atoms with E-state index in [4.69, 9.17) is 37.9 Å². The van der Waals surface area contributed by atoms with E-state index < -0.39 is 43.4 Å². The molecule has 0 saturated heterocycles. The van der Waals surface area contributed by atoms with Crippen LogP contribution in [0.4, 0.5) is 11.4 Å². The van der Waals surface area contributed by atoms with E-state index in [-0.39, 0.29) is 34.0 Å². The number of ether oxygens (including phenoxy) is 8. The Morgan fingerprint density at radius 3 is 1.06 bits per heavy atom. The fraction of sp³-hybridized carbons (Fsp3) is 0.348. The lowest BCUT2D eigenvalue weighted by Gasteiger charge is -2.27. The van der Waals surface area contributed by atoms with Gasteiger partial charge in [-0.25, -0.2) is 18.0 Å². The maximum atomic E-state index is 15.9. The maximum absolute atomic E-state index is 15.9. The Morgan fingerprint density at radius 1 is 0.508 bits per heavy atom. The van der Waals surface area contributed by atoms with Gasteiger partial charge in [0.05, 0.1) is 79.4 Å². The molecule has 17 heteroatoms. The minimum atomic E-state index is -4.56. The topological polar surface area (TPSA) is 207 Å². The summed E-state index contributed by atoms with van der Waals surface area (Å²) in [6, 6.07) is 15.8. The number of carboxylic acids is 2. The summed E-state index contributed by atoms with van der Waals surface area (Å²) >= 11 is 0. The maximum Gasteiger partial charge on any atom is 0.328 e. The van der Waals surface area contributed by atoms with Crippen LogP contribution in [0.3, 0.4) is 0 Å². The minimum Gasteiger partial charge on any atom is -0.496 e. The Bertz CT molecular complexity index is 2250. The van der Waals surface area contributed by atoms with Gasteiger partial charge in [-0.05, 0) is 75.2 Å². The molecule has 0 aromatic heterocycles. The Morgan fingerprint density at radius 2 is 0.810 bits per heavy atom. The van der Waals surface area contributed by atoms with Crippen molar-refractivity contribution in [2.75, 3.05) is 67.5 Å². The number of hydrogen-bond acceptors (Lipinski definition) is 14. The highest BCUT2D eigenvalue weighted by Crippen LogP contribution is 2.44. The Kier molecular flexibility index (Phi) is 15.8. The van der Waals surface area contributed by atoms with Gasteiger partial charge in [0.2, 0.25) is 0 Å². The number of anilines is 2. The molecule has 0 amide bonds. The van der Waals surface area contributed by atoms with Crippen LogP contribution >= 0.6 is 0 Å². The van der Waals surface area contributed by atoms with Crippen LogP contribution in [-0.4, -0.2) is 98.5 Å². The zero-order valence-corrected chi connectivity index (χ0v) is 38.3. The lowest BCUT2D eigenvalue weighted by atomic mass is 10.0. The van der Waals surface area contributed by atoms with E-state index in [9.17, 15) is 19.8 Å². The van der Waals surface area contributed by atoms with Crippen LogP contribution in [0.2, 0.25) is 0 Å². The van der Waals surface area contributed by atoms with Crippen molar-refractivity contribution in [1.29, 1.82) is 0 Å². The number of nitrogens with one attached hydrogen (secondary N) is 2. The molecule has 0 aliphatic heterocycles. The van der Waals surface area contributed by atoms with Crippen LogP contribution in [0, 0.1) is 0 Å². The van der Waals surface area contributed by atoms with Crippen LogP contribution in [0.5, 0.6) is 46.0 Å². The quantitative estimate of drug-likeness (QED) is 0.0591. The van der Waals surface area contributed by atoms with E-state index in [0.717, 1.165) is 0 Å². The van der Waals surface area contributed by atoms with Gasteiger partial charge in [0.1, 0.15) is 67.6 Å². The van der Waals surface area contributed by atoms with Gasteiger partial charge in [0.25, 0.3) is 0 Å². The number of methoxy groups -OCH3 is 8. The largest absolute Gasteiger partial charge is 0.496 e. The van der Waals surface area contributed by atoms with Gasteiger partial charge in [0, 0.05) is 24.3 Å². The first-order valence-electron chi connectivity index (χ1n) is 19.3. The number of sulfone groups is 1. The van der Waals surface area contributed by atoms with Crippen LogP contribution in [0.25, 0.3) is 12.2 Å². The molecule has 0 aliphatic rings. The highest BCUT2D eigenvalue weighted by Gasteiger charge is 2.37. The van der Waals surface area contributed by atoms with Crippen molar-refractivity contribution >= 4 is 45.3 Å². The zero-order chi connectivity index (χ0) is 46.9. The third-order valence-electron chi connectivity index (χ3n) is 10.2. The van der Waals surface area contributed by atoms with E-state index >= 15 is 8.42 Å². The Labute approximate surface area is 368 Å². The third-order valence-corrected chi connectivity index (χ3v) is 12.4. The fourth-order valence-electron chi connectivity index (χ4n) is 6.52. The van der Waals surface area contributed by atoms with Crippen molar-refractivity contribution in [2.24, 2.45) is 0 Å². The molecule has 0 aliphatic carbocycles. The molecule has 4 aromatic carbocycles. The molecule has 4 aromatic rings. The van der Waals surface area contributed by atoms with Crippen molar-refractivity contribution in [3.8, 4) is 46.0 Å². The van der Waals surface area contributed by atoms with Crippen LogP contribution in [0.1, 0.15) is 60.4 Å². The predicted octanol–water partition coefficient (Wildman–Crippen LogP) is 7.93. The molecule has 16 nitrogen and oxygen atoms in total. The summed E-state index contributed by atoms with van der Waals surface area (Å²) in [6.07, 6.45) is 6.07. The molecule has 0 spiro atoms. The van der Waals surface area contributed by atoms with E-state index in [1.54, 1.807) is 60.7 Å². The van der Waals surface area contributed by atoms with Crippen molar-refractivity contribution in [2.45, 2.75) is 49.3 Å². The summed E-state index contributed by atoms with van der Waals surface area (Å²) in [6.45, 7) is 5.84. The minimum absolute atomic E-state index is 0.210. The van der Waals surface area contributed by atoms with E-state index in [0.29, 0.717) is 45.6 Å². The van der Waals surface area contributed by atoms with Crippen LogP contribution < -0.4 is 48.5 Å². The summed E-state index contributed by atoms with van der Waals surface area (Å²) in [5.41, 5.74) is -1.35. The number of aliphatic carboxylic acids is 2. The highest BCUT2D eigenvalue weighted by atomic mass is 32.2. The average Bonchev–Trinajstić information content (AvgIpc) is 3.25. The van der Waals surface area contributed by atoms with Crippen molar-refractivity contribution in [3.05, 3.63) is 95.1 Å². The summed E-state index contributed by atoms with van der Waals surface area (Å²) in [4.78, 5) is 24.5. The number of carbonyl (C=O) groups is 2. The van der Waals surface area contributed by atoms with E-state index in [1.165, 1.54) is 109 Å². The third kappa shape index (κ3) is 11.0. The summed E-state index contributed by atoms with van der Waals surface area (Å²) in [7, 11) is 7.05. The van der Waals surface area contributed by atoms with Crippen LogP contribution in [-0.2, 0) is 19.4 Å². The number of carboxylic acid groups (broad SMARTS) is 2. The smallest absolute Gasteiger partial charge is 0.328 e. The first-order valence-corrected chi connectivity index (χ1v) is 20.9. The molecule has 0 fully saturated rings. The molecule has 4 rings (SSSR count). The van der Waals surface area contributed by atoms with Gasteiger partial charge in [-0.3, -0.25) is 0 Å². The van der Waals surface area contributed by atoms with Gasteiger partial charge in [0.15, 0.2) is 9.84 Å². The zero-order valence-electron chi connectivity index (χ0n) is 37.4. The number of hydrogen-bond donors (Lipinski definition) is 4. The second-order valence-corrected chi connectivity index (χ2v) is 17.3. The lowest BCUT2D eigenvalue weighted by molar-refractivity contribution is -0.142. The second-order valence-electron chi connectivity index (χ2n) is 15.1. The van der Waals surface area contributed by atoms with Gasteiger partial charge in [-0.2, -0.15) is 0 Å². The lowest BCUT2D eigenvalue weighted by Crippen LogP contribution is -2.40. The van der Waals surface area contributed by atoms with Gasteiger partial charge in [-0.15, -0.1) is 0 Å². The van der Waals surface area contributed by atoms with Crippen molar-refractivity contribution < 1.29 is 66.1 Å². The van der Waals surface area contributed by atoms with E-state index in [2.05, 4.69) is 10.6 Å². The normalized spacial score (nSPS) is 12.9. The Balaban J connectivity index is 2.14. The van der Waals surface area contributed by atoms with Crippen molar-refractivity contribution in [1.82, 2.24) is 0 Å². The number of benzene rings is 4. The summed E-state index contributed by atoms with van der Waals surface area (Å²) in [5, 5.41) is 23.0. The summed E-state index contributed by atoms with van der Waals surface area (Å²) in [5.74, 6) is 0.332. The molecular weight excluding hydrogens is 837 g/mol. The number of rotatable bonds is 22. The first-order chi connectivity index (χ1) is 29.7. The molecule has 63 heavy (non-hydrogen) atoms. The molecule has 4 N–H and O–H groups in total. The SMILES string of the molecule is COc1cc(OC)c(C=CC(c2ccc(OC)c(NC(C)(C)C(=O)O)c2)S(=O)(=O)C(C=Cc2c(OC)cc(OC)cc2OC)c2ccc(OC)c(NC(C)(C)C(=O)O)c2)c(OC)c1. The standard InChI is InChI=1S/C46H56N2O14S/c1-45(2,43(49)50)47-33-21-27(13-17-35(33)57-7)41(19-15-31-37(59-9)23-29(55-5)24-38(31)60-10)63(53,54)42(20-16-32-39(61-11)25-30(56-6)26-40(32)62-12)28-14-18-36(58-8)34(22-28)48-46(3,4)44(51)52/h13-26,41-42,47-48H,1-12H3,(H,49,50)(H,51,52). The average molecular weight is 893 g/mol. The molecule has 0 heterocycles. The van der Waals surface area contributed by atoms with Gasteiger partial charge >= 0.3 is 11.9 Å². The monoisotopic (exact) mass is 892 g/mol. The fourth-order valence-corrected chi connectivity index (χ4v) is 8.48. The predicted molar refractivity (Wildman–Crippen MR) is 241 cm³/mol. The van der Waals surface area contributed by atoms with E-state index in [1.807, 2.05) is 0 Å².